The second-order valence-electron chi connectivity index (χ2n) is 3.00. The van der Waals surface area contributed by atoms with Crippen molar-refractivity contribution < 1.29 is 0 Å². The average molecular weight is 536 g/mol. The Morgan fingerprint density at radius 2 is 1.73 bits per heavy atom. The number of nitrogens with zero attached hydrogens (tertiary/aromatic N) is 2. The van der Waals surface area contributed by atoms with Gasteiger partial charge in [-0.2, -0.15) is 0 Å². The van der Waals surface area contributed by atoms with Crippen molar-refractivity contribution in [1.82, 2.24) is 9.55 Å². The summed E-state index contributed by atoms with van der Waals surface area (Å²) in [5.41, 5.74) is 2.18. The molecule has 1 aromatic carbocycles. The van der Waals surface area contributed by atoms with E-state index in [-0.39, 0.29) is -0.441 Å². The Balaban J connectivity index is 2.37. The molecule has 0 saturated heterocycles. The second-order valence-corrected chi connectivity index (χ2v) is 13.9. The number of benzene rings is 1. The summed E-state index contributed by atoms with van der Waals surface area (Å²) in [7, 11) is 0. The van der Waals surface area contributed by atoms with Gasteiger partial charge in [0.15, 0.2) is -0.441 Å². The number of imidazole rings is 1. The molecule has 0 bridgehead atoms. The van der Waals surface area contributed by atoms with Crippen LogP contribution in [-0.4, -0.2) is 9.55 Å². The molecule has 1 heterocycles. The summed E-state index contributed by atoms with van der Waals surface area (Å²) in [4.78, 5) is 4.40. The first-order valence-electron chi connectivity index (χ1n) is 4.24. The summed E-state index contributed by atoms with van der Waals surface area (Å²) in [5.74, 6) is 0. The third-order valence-electron chi connectivity index (χ3n) is 1.94. The molecule has 0 amide bonds. The van der Waals surface area contributed by atoms with E-state index in [0.717, 1.165) is 11.3 Å². The molecule has 0 saturated carbocycles. The van der Waals surface area contributed by atoms with Crippen LogP contribution in [0.25, 0.3) is 11.3 Å². The van der Waals surface area contributed by atoms with Crippen molar-refractivity contribution in [3.8, 4) is 11.3 Å². The molecular formula is C10H7I3N2. The van der Waals surface area contributed by atoms with E-state index in [1.54, 1.807) is 0 Å². The van der Waals surface area contributed by atoms with Crippen molar-refractivity contribution >= 4 is 67.8 Å². The van der Waals surface area contributed by atoms with Crippen molar-refractivity contribution in [1.29, 1.82) is 0 Å². The molecule has 0 aliphatic carbocycles. The summed E-state index contributed by atoms with van der Waals surface area (Å²) in [6.45, 7) is 0. The molecule has 0 aliphatic heterocycles. The van der Waals surface area contributed by atoms with Crippen LogP contribution in [-0.2, 0) is -0.441 Å². The molecule has 2 nitrogen and oxygen atoms in total. The lowest BCUT2D eigenvalue weighted by molar-refractivity contribution is 0.897. The van der Waals surface area contributed by atoms with E-state index in [0.29, 0.717) is 0 Å². The summed E-state index contributed by atoms with van der Waals surface area (Å²) in [6, 6.07) is 10.2. The average Bonchev–Trinajstić information content (AvgIpc) is 2.67. The molecule has 0 unspecified atom stereocenters. The van der Waals surface area contributed by atoms with Gasteiger partial charge in [-0.3, -0.25) is 0 Å². The van der Waals surface area contributed by atoms with Crippen molar-refractivity contribution in [2.45, 2.75) is -0.441 Å². The monoisotopic (exact) mass is 536 g/mol. The summed E-state index contributed by atoms with van der Waals surface area (Å²) in [5, 5.41) is 0. The van der Waals surface area contributed by atoms with Crippen LogP contribution in [0.4, 0.5) is 0 Å². The first-order valence-corrected chi connectivity index (χ1v) is 7.47. The summed E-state index contributed by atoms with van der Waals surface area (Å²) in [6.07, 6.45) is 3.94. The van der Waals surface area contributed by atoms with Crippen LogP contribution in [0, 0.1) is 0 Å². The largest absolute Gasteiger partial charge is 0.305 e. The molecule has 1 aromatic heterocycles. The van der Waals surface area contributed by atoms with Crippen LogP contribution in [0.5, 0.6) is 0 Å². The molecule has 2 rings (SSSR count). The number of hydrogen-bond acceptors (Lipinski definition) is 1. The van der Waals surface area contributed by atoms with Gasteiger partial charge in [-0.15, -0.1) is 0 Å². The minimum absolute atomic E-state index is 0.00725. The van der Waals surface area contributed by atoms with Crippen LogP contribution in [0.2, 0.25) is 0 Å². The van der Waals surface area contributed by atoms with Crippen molar-refractivity contribution in [2.24, 2.45) is 0 Å². The highest BCUT2D eigenvalue weighted by atomic mass is 127. The predicted octanol–water partition coefficient (Wildman–Crippen LogP) is 4.42. The Hall–Kier alpha value is 0.620. The normalized spacial score (nSPS) is 11.7. The Kier molecular flexibility index (Phi) is 3.92. The van der Waals surface area contributed by atoms with E-state index >= 15 is 0 Å². The lowest BCUT2D eigenvalue weighted by Gasteiger charge is -2.12. The molecule has 0 fully saturated rings. The van der Waals surface area contributed by atoms with Gasteiger partial charge < -0.3 is 4.57 Å². The number of aromatic nitrogens is 2. The maximum atomic E-state index is 4.40. The Bertz CT molecular complexity index is 445. The van der Waals surface area contributed by atoms with E-state index in [1.165, 1.54) is 0 Å². The molecule has 0 atom stereocenters. The molecule has 0 radical (unpaired) electrons. The first kappa shape index (κ1) is 12.1. The van der Waals surface area contributed by atoms with Crippen molar-refractivity contribution in [2.75, 3.05) is 0 Å². The van der Waals surface area contributed by atoms with Crippen molar-refractivity contribution in [3.05, 3.63) is 42.9 Å². The summed E-state index contributed by atoms with van der Waals surface area (Å²) >= 11 is 7.11. The quantitative estimate of drug-likeness (QED) is 0.411. The number of halogens is 3. The zero-order valence-corrected chi connectivity index (χ0v) is 14.0. The van der Waals surface area contributed by atoms with Gasteiger partial charge in [-0.25, -0.2) is 4.98 Å². The fourth-order valence-electron chi connectivity index (χ4n) is 1.22. The summed E-state index contributed by atoms with van der Waals surface area (Å²) < 4.78 is 2.10. The fourth-order valence-corrected chi connectivity index (χ4v) is 2.01. The topological polar surface area (TPSA) is 17.8 Å². The van der Waals surface area contributed by atoms with E-state index in [1.807, 2.05) is 24.5 Å². The van der Waals surface area contributed by atoms with Gasteiger partial charge in [0.05, 0.1) is 12.0 Å². The van der Waals surface area contributed by atoms with Crippen LogP contribution in [0.3, 0.4) is 0 Å². The van der Waals surface area contributed by atoms with E-state index in [2.05, 4.69) is 95.7 Å². The van der Waals surface area contributed by atoms with Gasteiger partial charge in [-0.1, -0.05) is 30.3 Å². The lowest BCUT2D eigenvalue weighted by atomic mass is 10.2. The molecule has 0 aliphatic rings. The molecule has 78 valence electrons. The zero-order chi connectivity index (χ0) is 10.9. The number of alkyl halides is 3. The Morgan fingerprint density at radius 3 is 2.27 bits per heavy atom. The number of rotatable bonds is 2. The van der Waals surface area contributed by atoms with Gasteiger partial charge >= 0.3 is 0 Å². The lowest BCUT2D eigenvalue weighted by Crippen LogP contribution is -2.06. The highest BCUT2D eigenvalue weighted by molar-refractivity contribution is 14.3. The second kappa shape index (κ2) is 4.86. The Labute approximate surface area is 129 Å². The van der Waals surface area contributed by atoms with Crippen LogP contribution in [0.15, 0.2) is 42.9 Å². The van der Waals surface area contributed by atoms with Gasteiger partial charge in [0, 0.05) is 11.8 Å². The van der Waals surface area contributed by atoms with Gasteiger partial charge in [0.2, 0.25) is 0 Å². The van der Waals surface area contributed by atoms with Crippen LogP contribution in [0.1, 0.15) is 0 Å². The predicted molar refractivity (Wildman–Crippen MR) is 87.7 cm³/mol. The molecule has 15 heavy (non-hydrogen) atoms. The zero-order valence-electron chi connectivity index (χ0n) is 7.57. The molecule has 0 spiro atoms. The molecule has 5 heteroatoms. The van der Waals surface area contributed by atoms with Gasteiger partial charge in [0.1, 0.15) is 0 Å². The van der Waals surface area contributed by atoms with Gasteiger partial charge in [-0.05, 0) is 67.8 Å². The minimum atomic E-state index is 0.00725. The highest BCUT2D eigenvalue weighted by Crippen LogP contribution is 2.41. The van der Waals surface area contributed by atoms with E-state index in [4.69, 9.17) is 0 Å². The first-order chi connectivity index (χ1) is 7.07. The molecular weight excluding hydrogens is 529 g/mol. The van der Waals surface area contributed by atoms with E-state index in [9.17, 15) is 0 Å². The Morgan fingerprint density at radius 1 is 1.07 bits per heavy atom. The maximum absolute atomic E-state index is 4.40. The van der Waals surface area contributed by atoms with Gasteiger partial charge in [0.25, 0.3) is 0 Å². The standard InChI is InChI=1S/C10H7I3N2/c11-10(12,13)15-6-9(14-7-15)8-4-2-1-3-5-8/h1-7H. The van der Waals surface area contributed by atoms with E-state index < -0.39 is 0 Å². The van der Waals surface area contributed by atoms with Crippen LogP contribution >= 0.6 is 67.8 Å². The minimum Gasteiger partial charge on any atom is -0.305 e. The van der Waals surface area contributed by atoms with Crippen molar-refractivity contribution in [3.63, 3.8) is 0 Å². The SMILES string of the molecule is IC(I)(I)n1cnc(-c2ccccc2)c1. The fraction of sp³-hybridized carbons (Fsp3) is 0.100. The van der Waals surface area contributed by atoms with Crippen LogP contribution < -0.4 is 0 Å². The third-order valence-corrected chi connectivity index (χ3v) is 3.62. The highest BCUT2D eigenvalue weighted by Gasteiger charge is 2.19. The molecule has 0 N–H and O–H groups in total. The third kappa shape index (κ3) is 3.05. The number of hydrogen-bond donors (Lipinski definition) is 0. The smallest absolute Gasteiger partial charge is 0.199 e. The molecule has 2 aromatic rings. The maximum Gasteiger partial charge on any atom is 0.199 e.